The Labute approximate surface area is 74.8 Å². The molecule has 1 N–H and O–H groups in total. The molecule has 0 aromatic rings. The Kier molecular flexibility index (Phi) is 4.09. The molecule has 1 heteroatoms. The SMILES string of the molecule is C=C/C=C/[C@@H]1CCCCC[C@@H]1O. The summed E-state index contributed by atoms with van der Waals surface area (Å²) >= 11 is 0. The van der Waals surface area contributed by atoms with Crippen molar-refractivity contribution in [1.82, 2.24) is 0 Å². The third-order valence-electron chi connectivity index (χ3n) is 2.53. The van der Waals surface area contributed by atoms with Gasteiger partial charge in [0.15, 0.2) is 0 Å². The van der Waals surface area contributed by atoms with Crippen LogP contribution in [0.2, 0.25) is 0 Å². The molecule has 1 nitrogen and oxygen atoms in total. The van der Waals surface area contributed by atoms with Gasteiger partial charge in [-0.2, -0.15) is 0 Å². The van der Waals surface area contributed by atoms with E-state index in [1.165, 1.54) is 19.3 Å². The van der Waals surface area contributed by atoms with Gasteiger partial charge in [-0.1, -0.05) is 44.1 Å². The zero-order valence-electron chi connectivity index (χ0n) is 7.58. The molecule has 1 rings (SSSR count). The van der Waals surface area contributed by atoms with Crippen molar-refractivity contribution < 1.29 is 5.11 Å². The van der Waals surface area contributed by atoms with E-state index in [2.05, 4.69) is 12.7 Å². The van der Waals surface area contributed by atoms with Gasteiger partial charge in [0.1, 0.15) is 0 Å². The third kappa shape index (κ3) is 2.82. The van der Waals surface area contributed by atoms with Gasteiger partial charge in [0.25, 0.3) is 0 Å². The maximum atomic E-state index is 9.69. The van der Waals surface area contributed by atoms with E-state index >= 15 is 0 Å². The Bertz CT molecular complexity index is 160. The molecule has 0 heterocycles. The first-order chi connectivity index (χ1) is 5.84. The fourth-order valence-electron chi connectivity index (χ4n) is 1.76. The zero-order chi connectivity index (χ0) is 8.81. The lowest BCUT2D eigenvalue weighted by Gasteiger charge is -2.15. The fraction of sp³-hybridized carbons (Fsp3) is 0.636. The van der Waals surface area contributed by atoms with E-state index in [9.17, 15) is 5.11 Å². The Hall–Kier alpha value is -0.560. The lowest BCUT2D eigenvalue weighted by Crippen LogP contribution is -2.16. The summed E-state index contributed by atoms with van der Waals surface area (Å²) in [7, 11) is 0. The summed E-state index contributed by atoms with van der Waals surface area (Å²) in [6, 6.07) is 0. The standard InChI is InChI=1S/C11H18O/c1-2-3-7-10-8-5-4-6-9-11(10)12/h2-3,7,10-12H,1,4-6,8-9H2/b7-3+/t10-,11+/m1/s1. The quantitative estimate of drug-likeness (QED) is 0.494. The molecule has 0 aromatic heterocycles. The van der Waals surface area contributed by atoms with Crippen molar-refractivity contribution in [2.24, 2.45) is 5.92 Å². The molecule has 0 aliphatic heterocycles. The molecule has 0 spiro atoms. The highest BCUT2D eigenvalue weighted by atomic mass is 16.3. The van der Waals surface area contributed by atoms with Gasteiger partial charge in [0.05, 0.1) is 6.10 Å². The van der Waals surface area contributed by atoms with Gasteiger partial charge in [-0.25, -0.2) is 0 Å². The molecule has 0 bridgehead atoms. The molecule has 68 valence electrons. The first kappa shape index (κ1) is 9.53. The Balaban J connectivity index is 2.46. The molecular weight excluding hydrogens is 148 g/mol. The van der Waals surface area contributed by atoms with Gasteiger partial charge in [0, 0.05) is 5.92 Å². The second-order valence-corrected chi connectivity index (χ2v) is 3.49. The summed E-state index contributed by atoms with van der Waals surface area (Å²) in [6.07, 6.45) is 11.5. The van der Waals surface area contributed by atoms with E-state index in [-0.39, 0.29) is 6.10 Å². The van der Waals surface area contributed by atoms with Crippen LogP contribution in [0.1, 0.15) is 32.1 Å². The summed E-state index contributed by atoms with van der Waals surface area (Å²) in [5.41, 5.74) is 0. The number of aliphatic hydroxyl groups is 1. The maximum absolute atomic E-state index is 9.69. The molecule has 0 saturated heterocycles. The van der Waals surface area contributed by atoms with Crippen molar-refractivity contribution in [2.45, 2.75) is 38.2 Å². The van der Waals surface area contributed by atoms with Crippen LogP contribution < -0.4 is 0 Å². The zero-order valence-corrected chi connectivity index (χ0v) is 7.58. The average molecular weight is 166 g/mol. The van der Waals surface area contributed by atoms with E-state index in [1.807, 2.05) is 6.08 Å². The molecule has 1 aliphatic carbocycles. The summed E-state index contributed by atoms with van der Waals surface area (Å²) < 4.78 is 0. The first-order valence-corrected chi connectivity index (χ1v) is 4.82. The third-order valence-corrected chi connectivity index (χ3v) is 2.53. The summed E-state index contributed by atoms with van der Waals surface area (Å²) in [5, 5.41) is 9.69. The molecule has 1 fully saturated rings. The van der Waals surface area contributed by atoms with Crippen LogP contribution in [0.25, 0.3) is 0 Å². The van der Waals surface area contributed by atoms with Crippen molar-refractivity contribution in [1.29, 1.82) is 0 Å². The Morgan fingerprint density at radius 1 is 1.17 bits per heavy atom. The Morgan fingerprint density at radius 3 is 2.67 bits per heavy atom. The molecule has 2 atom stereocenters. The van der Waals surface area contributed by atoms with Crippen LogP contribution in [0.4, 0.5) is 0 Å². The van der Waals surface area contributed by atoms with Crippen LogP contribution in [0, 0.1) is 5.92 Å². The van der Waals surface area contributed by atoms with Gasteiger partial charge in [-0.05, 0) is 12.8 Å². The minimum Gasteiger partial charge on any atom is -0.393 e. The van der Waals surface area contributed by atoms with Crippen molar-refractivity contribution in [2.75, 3.05) is 0 Å². The molecule has 0 radical (unpaired) electrons. The van der Waals surface area contributed by atoms with Crippen molar-refractivity contribution >= 4 is 0 Å². The molecule has 0 unspecified atom stereocenters. The lowest BCUT2D eigenvalue weighted by molar-refractivity contribution is 0.123. The minimum atomic E-state index is -0.122. The van der Waals surface area contributed by atoms with Crippen LogP contribution in [-0.2, 0) is 0 Å². The highest BCUT2D eigenvalue weighted by molar-refractivity contribution is 5.02. The number of hydrogen-bond acceptors (Lipinski definition) is 1. The second kappa shape index (κ2) is 5.15. The molecule has 12 heavy (non-hydrogen) atoms. The van der Waals surface area contributed by atoms with E-state index in [0.717, 1.165) is 12.8 Å². The lowest BCUT2D eigenvalue weighted by atomic mass is 9.97. The second-order valence-electron chi connectivity index (χ2n) is 3.49. The maximum Gasteiger partial charge on any atom is 0.0602 e. The van der Waals surface area contributed by atoms with E-state index in [4.69, 9.17) is 0 Å². The monoisotopic (exact) mass is 166 g/mol. The van der Waals surface area contributed by atoms with Gasteiger partial charge in [-0.15, -0.1) is 0 Å². The van der Waals surface area contributed by atoms with E-state index in [1.54, 1.807) is 6.08 Å². The average Bonchev–Trinajstić information content (AvgIpc) is 2.27. The molecular formula is C11H18O. The topological polar surface area (TPSA) is 20.2 Å². The molecule has 0 aromatic carbocycles. The number of rotatable bonds is 2. The smallest absolute Gasteiger partial charge is 0.0602 e. The fourth-order valence-corrected chi connectivity index (χ4v) is 1.76. The van der Waals surface area contributed by atoms with Gasteiger partial charge in [-0.3, -0.25) is 0 Å². The van der Waals surface area contributed by atoms with Crippen LogP contribution in [0.3, 0.4) is 0 Å². The van der Waals surface area contributed by atoms with Gasteiger partial charge < -0.3 is 5.11 Å². The van der Waals surface area contributed by atoms with Crippen LogP contribution in [-0.4, -0.2) is 11.2 Å². The first-order valence-electron chi connectivity index (χ1n) is 4.82. The summed E-state index contributed by atoms with van der Waals surface area (Å²) in [4.78, 5) is 0. The highest BCUT2D eigenvalue weighted by Crippen LogP contribution is 2.24. The van der Waals surface area contributed by atoms with Crippen molar-refractivity contribution in [3.8, 4) is 0 Å². The predicted molar refractivity (Wildman–Crippen MR) is 51.9 cm³/mol. The predicted octanol–water partition coefficient (Wildman–Crippen LogP) is 2.67. The Morgan fingerprint density at radius 2 is 1.92 bits per heavy atom. The van der Waals surface area contributed by atoms with Crippen LogP contribution in [0.15, 0.2) is 24.8 Å². The normalized spacial score (nSPS) is 31.8. The van der Waals surface area contributed by atoms with Gasteiger partial charge >= 0.3 is 0 Å². The largest absolute Gasteiger partial charge is 0.393 e. The van der Waals surface area contributed by atoms with Gasteiger partial charge in [0.2, 0.25) is 0 Å². The van der Waals surface area contributed by atoms with Crippen LogP contribution in [0.5, 0.6) is 0 Å². The highest BCUT2D eigenvalue weighted by Gasteiger charge is 2.18. The number of allylic oxidation sites excluding steroid dienone is 2. The number of hydrogen-bond donors (Lipinski definition) is 1. The summed E-state index contributed by atoms with van der Waals surface area (Å²) in [5.74, 6) is 0.366. The summed E-state index contributed by atoms with van der Waals surface area (Å²) in [6.45, 7) is 3.63. The molecule has 1 saturated carbocycles. The van der Waals surface area contributed by atoms with Crippen molar-refractivity contribution in [3.63, 3.8) is 0 Å². The van der Waals surface area contributed by atoms with E-state index < -0.39 is 0 Å². The van der Waals surface area contributed by atoms with Crippen molar-refractivity contribution in [3.05, 3.63) is 24.8 Å². The molecule has 1 aliphatic rings. The molecule has 0 amide bonds. The van der Waals surface area contributed by atoms with E-state index in [0.29, 0.717) is 5.92 Å². The number of aliphatic hydroxyl groups excluding tert-OH is 1. The minimum absolute atomic E-state index is 0.122. The van der Waals surface area contributed by atoms with Crippen LogP contribution >= 0.6 is 0 Å².